The van der Waals surface area contributed by atoms with E-state index < -0.39 is 0 Å². The van der Waals surface area contributed by atoms with E-state index in [2.05, 4.69) is 58.7 Å². The summed E-state index contributed by atoms with van der Waals surface area (Å²) in [6.45, 7) is 23.9. The molecule has 0 atom stereocenters. The van der Waals surface area contributed by atoms with Crippen molar-refractivity contribution in [3.63, 3.8) is 0 Å². The van der Waals surface area contributed by atoms with Crippen molar-refractivity contribution in [2.24, 2.45) is 0 Å². The number of piperazine rings is 1. The van der Waals surface area contributed by atoms with Crippen LogP contribution in [0.2, 0.25) is 0 Å². The summed E-state index contributed by atoms with van der Waals surface area (Å²) < 4.78 is 13.8. The maximum absolute atomic E-state index is 13.8. The molecule has 3 heterocycles. The minimum absolute atomic E-state index is 0.252. The fourth-order valence-corrected chi connectivity index (χ4v) is 4.93. The highest BCUT2D eigenvalue weighted by Crippen LogP contribution is 2.24. The molecule has 0 saturated carbocycles. The number of aryl methyl sites for hydroxylation is 1. The third kappa shape index (κ3) is 5.18. The number of aromatic amines is 2. The first kappa shape index (κ1) is 24.0. The molecule has 3 aromatic rings. The highest BCUT2D eigenvalue weighted by atomic mass is 19.1. The highest BCUT2D eigenvalue weighted by molar-refractivity contribution is 5.82. The first-order valence-electron chi connectivity index (χ1n) is 12.0. The van der Waals surface area contributed by atoms with E-state index in [1.807, 2.05) is 12.2 Å². The van der Waals surface area contributed by atoms with Gasteiger partial charge in [0.1, 0.15) is 5.82 Å². The van der Waals surface area contributed by atoms with Gasteiger partial charge in [-0.15, -0.1) is 6.58 Å². The second-order valence-electron chi connectivity index (χ2n) is 9.20. The maximum atomic E-state index is 13.8. The molecule has 3 N–H and O–H groups in total. The number of nitrogens with one attached hydrogen (secondary N) is 3. The average Bonchev–Trinajstić information content (AvgIpc) is 3.27. The summed E-state index contributed by atoms with van der Waals surface area (Å²) >= 11 is 0. The van der Waals surface area contributed by atoms with Crippen LogP contribution in [0.1, 0.15) is 28.9 Å². The Morgan fingerprint density at radius 3 is 2.62 bits per heavy atom. The van der Waals surface area contributed by atoms with Gasteiger partial charge in [0, 0.05) is 83.4 Å². The highest BCUT2D eigenvalue weighted by Gasteiger charge is 2.16. The third-order valence-electron chi connectivity index (χ3n) is 6.79. The summed E-state index contributed by atoms with van der Waals surface area (Å²) in [5, 5.41) is 6.03. The Morgan fingerprint density at radius 1 is 1.15 bits per heavy atom. The van der Waals surface area contributed by atoms with Gasteiger partial charge in [0.2, 0.25) is 0 Å². The zero-order chi connectivity index (χ0) is 24.2. The molecule has 1 fully saturated rings. The van der Waals surface area contributed by atoms with E-state index in [0.717, 1.165) is 102 Å². The summed E-state index contributed by atoms with van der Waals surface area (Å²) in [6, 6.07) is 4.77. The Balaban J connectivity index is 1.40. The number of hydrogen-bond acceptors (Lipinski definition) is 3. The summed E-state index contributed by atoms with van der Waals surface area (Å²) in [7, 11) is 0. The van der Waals surface area contributed by atoms with Gasteiger partial charge in [-0.05, 0) is 56.7 Å². The lowest BCUT2D eigenvalue weighted by Crippen LogP contribution is -2.46. The van der Waals surface area contributed by atoms with Crippen LogP contribution in [0.25, 0.3) is 29.3 Å². The molecule has 0 unspecified atom stereocenters. The van der Waals surface area contributed by atoms with Gasteiger partial charge in [-0.3, -0.25) is 4.90 Å². The number of rotatable bonds is 9. The van der Waals surface area contributed by atoms with E-state index >= 15 is 0 Å². The van der Waals surface area contributed by atoms with E-state index in [9.17, 15) is 4.39 Å². The molecule has 1 aliphatic rings. The van der Waals surface area contributed by atoms with Crippen molar-refractivity contribution < 1.29 is 4.39 Å². The molecule has 0 amide bonds. The Labute approximate surface area is 201 Å². The fourth-order valence-electron chi connectivity index (χ4n) is 4.93. The van der Waals surface area contributed by atoms with Crippen molar-refractivity contribution in [3.05, 3.63) is 76.3 Å². The van der Waals surface area contributed by atoms with Crippen LogP contribution in [-0.4, -0.2) is 65.6 Å². The maximum Gasteiger partial charge on any atom is 0.123 e. The molecule has 5 nitrogen and oxygen atoms in total. The van der Waals surface area contributed by atoms with E-state index in [1.54, 1.807) is 12.1 Å². The van der Waals surface area contributed by atoms with Gasteiger partial charge >= 0.3 is 0 Å². The van der Waals surface area contributed by atoms with Crippen molar-refractivity contribution in [3.8, 4) is 0 Å². The standard InChI is InChI=1S/C28H36FN5/c1-6-11-33-13-15-34(16-14-33)12-7-10-30-21(4)28-19(2)27(32-22(28)5)18-24-20(3)31-26-9-8-23(29)17-25(24)26/h6,8-9,17-18,30-32H,1,3-4,7,10-16H2,2,5H3/b24-18+. The molecule has 1 aromatic carbocycles. The van der Waals surface area contributed by atoms with Gasteiger partial charge in [-0.2, -0.15) is 0 Å². The average molecular weight is 462 g/mol. The molecule has 6 heteroatoms. The summed E-state index contributed by atoms with van der Waals surface area (Å²) in [4.78, 5) is 11.7. The molecule has 2 aromatic heterocycles. The van der Waals surface area contributed by atoms with Crippen LogP contribution >= 0.6 is 0 Å². The van der Waals surface area contributed by atoms with Crippen molar-refractivity contribution in [2.45, 2.75) is 20.3 Å². The SMILES string of the molecule is C=CCN1CCN(CCCNC(=C)c2c(C)[nH]c(/C=c3\c(=C)[nH]c4ccc(F)cc34)c2C)CC1. The lowest BCUT2D eigenvalue weighted by atomic mass is 10.1. The smallest absolute Gasteiger partial charge is 0.123 e. The van der Waals surface area contributed by atoms with E-state index in [0.29, 0.717) is 0 Å². The number of benzene rings is 1. The normalized spacial score (nSPS) is 15.8. The van der Waals surface area contributed by atoms with Crippen molar-refractivity contribution in [2.75, 3.05) is 45.8 Å². The number of nitrogens with zero attached hydrogens (tertiary/aromatic N) is 2. The largest absolute Gasteiger partial charge is 0.385 e. The van der Waals surface area contributed by atoms with Gasteiger partial charge in [0.25, 0.3) is 0 Å². The molecule has 0 radical (unpaired) electrons. The molecule has 0 bridgehead atoms. The predicted octanol–water partition coefficient (Wildman–Crippen LogP) is 3.25. The van der Waals surface area contributed by atoms with E-state index in [-0.39, 0.29) is 5.82 Å². The molecular formula is C28H36FN5. The van der Waals surface area contributed by atoms with Crippen LogP contribution in [0.5, 0.6) is 0 Å². The predicted molar refractivity (Wildman–Crippen MR) is 142 cm³/mol. The number of fused-ring (bicyclic) bond motifs is 1. The topological polar surface area (TPSA) is 50.1 Å². The van der Waals surface area contributed by atoms with E-state index in [4.69, 9.17) is 0 Å². The Bertz CT molecular complexity index is 1290. The van der Waals surface area contributed by atoms with Crippen LogP contribution in [-0.2, 0) is 0 Å². The third-order valence-corrected chi connectivity index (χ3v) is 6.79. The fraction of sp³-hybridized carbons (Fsp3) is 0.357. The Hall–Kier alpha value is -3.09. The Morgan fingerprint density at radius 2 is 1.88 bits per heavy atom. The second kappa shape index (κ2) is 10.5. The number of aromatic nitrogens is 2. The first-order valence-corrected chi connectivity index (χ1v) is 12.0. The van der Waals surface area contributed by atoms with E-state index in [1.165, 1.54) is 6.07 Å². The van der Waals surface area contributed by atoms with Crippen LogP contribution < -0.4 is 15.9 Å². The number of halogens is 1. The lowest BCUT2D eigenvalue weighted by Gasteiger charge is -2.34. The molecule has 4 rings (SSSR count). The Kier molecular flexibility index (Phi) is 7.39. The quantitative estimate of drug-likeness (QED) is 0.339. The molecular weight excluding hydrogens is 425 g/mol. The molecule has 0 spiro atoms. The molecule has 34 heavy (non-hydrogen) atoms. The monoisotopic (exact) mass is 461 g/mol. The van der Waals surface area contributed by atoms with Crippen molar-refractivity contribution in [1.82, 2.24) is 25.1 Å². The second-order valence-corrected chi connectivity index (χ2v) is 9.20. The molecule has 1 saturated heterocycles. The zero-order valence-corrected chi connectivity index (χ0v) is 20.4. The minimum Gasteiger partial charge on any atom is -0.385 e. The summed E-state index contributed by atoms with van der Waals surface area (Å²) in [5.74, 6) is -0.252. The number of H-pyrrole nitrogens is 2. The number of hydrogen-bond donors (Lipinski definition) is 3. The molecule has 180 valence electrons. The van der Waals surface area contributed by atoms with Crippen LogP contribution in [0.4, 0.5) is 4.39 Å². The summed E-state index contributed by atoms with van der Waals surface area (Å²) in [5.41, 5.74) is 6.10. The van der Waals surface area contributed by atoms with Gasteiger partial charge in [-0.25, -0.2) is 4.39 Å². The van der Waals surface area contributed by atoms with Gasteiger partial charge in [0.05, 0.1) is 0 Å². The summed E-state index contributed by atoms with van der Waals surface area (Å²) in [6.07, 6.45) is 5.11. The van der Waals surface area contributed by atoms with Gasteiger partial charge in [0.15, 0.2) is 0 Å². The van der Waals surface area contributed by atoms with Crippen LogP contribution in [0.15, 0.2) is 37.4 Å². The lowest BCUT2D eigenvalue weighted by molar-refractivity contribution is 0.142. The van der Waals surface area contributed by atoms with Crippen molar-refractivity contribution >= 4 is 29.3 Å². The zero-order valence-electron chi connectivity index (χ0n) is 20.4. The van der Waals surface area contributed by atoms with Gasteiger partial charge < -0.3 is 20.2 Å². The minimum atomic E-state index is -0.252. The van der Waals surface area contributed by atoms with Gasteiger partial charge in [-0.1, -0.05) is 19.2 Å². The molecule has 0 aliphatic carbocycles. The molecule has 1 aliphatic heterocycles. The van der Waals surface area contributed by atoms with Crippen molar-refractivity contribution in [1.29, 1.82) is 0 Å². The van der Waals surface area contributed by atoms with Crippen LogP contribution in [0.3, 0.4) is 0 Å². The first-order chi connectivity index (χ1) is 16.4. The van der Waals surface area contributed by atoms with Crippen LogP contribution in [0, 0.1) is 19.7 Å².